The third-order valence-corrected chi connectivity index (χ3v) is 3.70. The molecule has 1 fully saturated rings. The van der Waals surface area contributed by atoms with Crippen LogP contribution in [-0.2, 0) is 0 Å². The molecule has 8 heteroatoms. The smallest absolute Gasteiger partial charge is 0.324 e. The molecule has 23 heavy (non-hydrogen) atoms. The molecule has 7 nitrogen and oxygen atoms in total. The van der Waals surface area contributed by atoms with Crippen molar-refractivity contribution in [1.29, 1.82) is 0 Å². The number of hydrogen-bond acceptors (Lipinski definition) is 7. The molecule has 0 atom stereocenters. The van der Waals surface area contributed by atoms with Gasteiger partial charge in [0.15, 0.2) is 0 Å². The van der Waals surface area contributed by atoms with Gasteiger partial charge in [0, 0.05) is 26.2 Å². The largest absolute Gasteiger partial charge is 0.467 e. The summed E-state index contributed by atoms with van der Waals surface area (Å²) in [6, 6.07) is 7.22. The normalized spacial score (nSPS) is 14.7. The Labute approximate surface area is 133 Å². The summed E-state index contributed by atoms with van der Waals surface area (Å²) >= 11 is 0. The summed E-state index contributed by atoms with van der Waals surface area (Å²) in [5, 5.41) is 0. The molecule has 0 radical (unpaired) electrons. The maximum Gasteiger partial charge on any atom is 0.324 e. The van der Waals surface area contributed by atoms with Crippen molar-refractivity contribution in [2.45, 2.75) is 0 Å². The Morgan fingerprint density at radius 2 is 1.43 bits per heavy atom. The van der Waals surface area contributed by atoms with E-state index in [1.807, 2.05) is 15.9 Å². The fourth-order valence-electron chi connectivity index (χ4n) is 2.51. The number of halogens is 1. The van der Waals surface area contributed by atoms with Crippen LogP contribution in [0.25, 0.3) is 0 Å². The first-order chi connectivity index (χ1) is 11.2. The first-order valence-electron chi connectivity index (χ1n) is 7.29. The summed E-state index contributed by atoms with van der Waals surface area (Å²) in [6.07, 6.45) is 0. The van der Waals surface area contributed by atoms with Gasteiger partial charge in [-0.25, -0.2) is 4.39 Å². The summed E-state index contributed by atoms with van der Waals surface area (Å²) in [6.45, 7) is 2.70. The number of ether oxygens (including phenoxy) is 2. The van der Waals surface area contributed by atoms with Crippen molar-refractivity contribution in [1.82, 2.24) is 15.0 Å². The van der Waals surface area contributed by atoms with Crippen molar-refractivity contribution in [2.75, 3.05) is 50.2 Å². The highest BCUT2D eigenvalue weighted by molar-refractivity contribution is 5.49. The molecule has 3 rings (SSSR count). The Morgan fingerprint density at radius 1 is 0.870 bits per heavy atom. The fraction of sp³-hybridized carbons (Fsp3) is 0.400. The first kappa shape index (κ1) is 15.3. The predicted molar refractivity (Wildman–Crippen MR) is 83.8 cm³/mol. The minimum Gasteiger partial charge on any atom is -0.467 e. The summed E-state index contributed by atoms with van der Waals surface area (Å²) in [7, 11) is 2.99. The molecule has 0 amide bonds. The summed E-state index contributed by atoms with van der Waals surface area (Å²) in [5.41, 5.74) is 0.623. The minimum absolute atomic E-state index is 0.204. The molecular weight excluding hydrogens is 301 g/mol. The summed E-state index contributed by atoms with van der Waals surface area (Å²) < 4.78 is 24.0. The number of methoxy groups -OCH3 is 2. The van der Waals surface area contributed by atoms with Gasteiger partial charge >= 0.3 is 12.0 Å². The van der Waals surface area contributed by atoms with E-state index in [0.717, 1.165) is 0 Å². The third kappa shape index (κ3) is 3.25. The van der Waals surface area contributed by atoms with Gasteiger partial charge in [0.1, 0.15) is 5.82 Å². The predicted octanol–water partition coefficient (Wildman–Crippen LogP) is 1.35. The van der Waals surface area contributed by atoms with Crippen LogP contribution >= 0.6 is 0 Å². The molecule has 0 spiro atoms. The molecule has 0 unspecified atom stereocenters. The zero-order valence-corrected chi connectivity index (χ0v) is 13.1. The lowest BCUT2D eigenvalue weighted by Crippen LogP contribution is -2.47. The topological polar surface area (TPSA) is 63.6 Å². The number of anilines is 2. The van der Waals surface area contributed by atoms with E-state index in [9.17, 15) is 4.39 Å². The van der Waals surface area contributed by atoms with Gasteiger partial charge in [-0.15, -0.1) is 4.98 Å². The van der Waals surface area contributed by atoms with Gasteiger partial charge in [-0.2, -0.15) is 9.97 Å². The summed E-state index contributed by atoms with van der Waals surface area (Å²) in [4.78, 5) is 16.5. The van der Waals surface area contributed by atoms with Crippen molar-refractivity contribution in [3.63, 3.8) is 0 Å². The molecule has 1 aliphatic heterocycles. The second kappa shape index (κ2) is 6.64. The van der Waals surface area contributed by atoms with E-state index in [1.165, 1.54) is 20.3 Å². The van der Waals surface area contributed by atoms with Gasteiger partial charge in [-0.3, -0.25) is 0 Å². The second-order valence-electron chi connectivity index (χ2n) is 5.03. The average Bonchev–Trinajstić information content (AvgIpc) is 2.62. The van der Waals surface area contributed by atoms with E-state index in [-0.39, 0.29) is 17.8 Å². The molecule has 1 aromatic carbocycles. The quantitative estimate of drug-likeness (QED) is 0.843. The van der Waals surface area contributed by atoms with Gasteiger partial charge in [0.05, 0.1) is 19.9 Å². The number of nitrogens with zero attached hydrogens (tertiary/aromatic N) is 5. The monoisotopic (exact) mass is 319 g/mol. The molecule has 0 aliphatic carbocycles. The lowest BCUT2D eigenvalue weighted by atomic mass is 10.2. The van der Waals surface area contributed by atoms with Crippen LogP contribution in [0.3, 0.4) is 0 Å². The highest BCUT2D eigenvalue weighted by Gasteiger charge is 2.22. The molecule has 1 aromatic heterocycles. The lowest BCUT2D eigenvalue weighted by molar-refractivity contribution is 0.339. The van der Waals surface area contributed by atoms with E-state index in [1.54, 1.807) is 12.1 Å². The highest BCUT2D eigenvalue weighted by atomic mass is 19.1. The van der Waals surface area contributed by atoms with E-state index in [0.29, 0.717) is 37.8 Å². The summed E-state index contributed by atoms with van der Waals surface area (Å²) in [5.74, 6) is 0.298. The van der Waals surface area contributed by atoms with Gasteiger partial charge in [0.25, 0.3) is 0 Å². The van der Waals surface area contributed by atoms with Crippen molar-refractivity contribution in [2.24, 2.45) is 0 Å². The fourth-order valence-corrected chi connectivity index (χ4v) is 2.51. The van der Waals surface area contributed by atoms with E-state index in [4.69, 9.17) is 9.47 Å². The van der Waals surface area contributed by atoms with Crippen molar-refractivity contribution < 1.29 is 13.9 Å². The standard InChI is InChI=1S/C15H18FN5O2/c1-22-14-17-13(18-15(19-14)23-2)21-9-7-20(8-10-21)12-6-4-3-5-11(12)16/h3-6H,7-10H2,1-2H3. The van der Waals surface area contributed by atoms with E-state index < -0.39 is 0 Å². The first-order valence-corrected chi connectivity index (χ1v) is 7.29. The van der Waals surface area contributed by atoms with Crippen LogP contribution in [0.2, 0.25) is 0 Å². The maximum absolute atomic E-state index is 13.9. The Bertz CT molecular complexity index is 654. The zero-order chi connectivity index (χ0) is 16.2. The average molecular weight is 319 g/mol. The van der Waals surface area contributed by atoms with Crippen molar-refractivity contribution >= 4 is 11.6 Å². The Hall–Kier alpha value is -2.64. The van der Waals surface area contributed by atoms with Gasteiger partial charge < -0.3 is 19.3 Å². The van der Waals surface area contributed by atoms with E-state index >= 15 is 0 Å². The molecule has 122 valence electrons. The van der Waals surface area contributed by atoms with E-state index in [2.05, 4.69) is 15.0 Å². The Kier molecular flexibility index (Phi) is 4.40. The van der Waals surface area contributed by atoms with Crippen LogP contribution < -0.4 is 19.3 Å². The number of hydrogen-bond donors (Lipinski definition) is 0. The maximum atomic E-state index is 13.9. The lowest BCUT2D eigenvalue weighted by Gasteiger charge is -2.36. The number of aromatic nitrogens is 3. The zero-order valence-electron chi connectivity index (χ0n) is 13.1. The van der Waals surface area contributed by atoms with Crippen LogP contribution in [0.5, 0.6) is 12.0 Å². The molecule has 0 bridgehead atoms. The molecule has 0 N–H and O–H groups in total. The number of benzene rings is 1. The molecule has 0 saturated carbocycles. The van der Waals surface area contributed by atoms with Crippen LogP contribution in [-0.4, -0.2) is 55.4 Å². The Balaban J connectivity index is 1.73. The number of rotatable bonds is 4. The molecule has 2 heterocycles. The van der Waals surface area contributed by atoms with Gasteiger partial charge in [0.2, 0.25) is 5.95 Å². The molecule has 1 aliphatic rings. The van der Waals surface area contributed by atoms with Crippen LogP contribution in [0.1, 0.15) is 0 Å². The number of para-hydroxylation sites is 1. The molecular formula is C15H18FN5O2. The molecule has 1 saturated heterocycles. The minimum atomic E-state index is -0.204. The van der Waals surface area contributed by atoms with Gasteiger partial charge in [-0.1, -0.05) is 12.1 Å². The third-order valence-electron chi connectivity index (χ3n) is 3.70. The van der Waals surface area contributed by atoms with Crippen molar-refractivity contribution in [3.05, 3.63) is 30.1 Å². The SMILES string of the molecule is COc1nc(OC)nc(N2CCN(c3ccccc3F)CC2)n1. The Morgan fingerprint density at radius 3 is 2.00 bits per heavy atom. The second-order valence-corrected chi connectivity index (χ2v) is 5.03. The van der Waals surface area contributed by atoms with Crippen LogP contribution in [0, 0.1) is 5.82 Å². The van der Waals surface area contributed by atoms with Gasteiger partial charge in [-0.05, 0) is 12.1 Å². The highest BCUT2D eigenvalue weighted by Crippen LogP contribution is 2.22. The molecule has 2 aromatic rings. The van der Waals surface area contributed by atoms with Crippen LogP contribution in [0.4, 0.5) is 16.0 Å². The van der Waals surface area contributed by atoms with Crippen LogP contribution in [0.15, 0.2) is 24.3 Å². The van der Waals surface area contributed by atoms with Crippen molar-refractivity contribution in [3.8, 4) is 12.0 Å². The number of piperazine rings is 1.